The maximum absolute atomic E-state index is 8.99. The van der Waals surface area contributed by atoms with Crippen LogP contribution in [0, 0.1) is 5.92 Å². The highest BCUT2D eigenvalue weighted by atomic mass is 16.3. The Morgan fingerprint density at radius 2 is 1.75 bits per heavy atom. The van der Waals surface area contributed by atoms with Crippen LogP contribution in [-0.4, -0.2) is 30.8 Å². The monoisotopic (exact) mass is 278 g/mol. The van der Waals surface area contributed by atoms with Gasteiger partial charge in [0.2, 0.25) is 0 Å². The predicted octanol–water partition coefficient (Wildman–Crippen LogP) is 3.03. The zero-order chi connectivity index (χ0) is 15.0. The highest BCUT2D eigenvalue weighted by molar-refractivity contribution is 5.48. The largest absolute Gasteiger partial charge is 0.396 e. The molecular weight excluding hydrogens is 248 g/mol. The van der Waals surface area contributed by atoms with Gasteiger partial charge in [-0.1, -0.05) is 26.0 Å². The first-order chi connectivity index (χ1) is 9.54. The first-order valence-corrected chi connectivity index (χ1v) is 7.71. The van der Waals surface area contributed by atoms with Crippen molar-refractivity contribution >= 4 is 5.69 Å². The number of aliphatic hydroxyl groups is 1. The molecule has 0 saturated carbocycles. The van der Waals surface area contributed by atoms with E-state index in [0.29, 0.717) is 12.0 Å². The van der Waals surface area contributed by atoms with Crippen LogP contribution < -0.4 is 10.2 Å². The Hall–Kier alpha value is -1.06. The van der Waals surface area contributed by atoms with Crippen molar-refractivity contribution < 1.29 is 5.11 Å². The molecule has 0 spiro atoms. The van der Waals surface area contributed by atoms with Crippen molar-refractivity contribution in [3.8, 4) is 0 Å². The fourth-order valence-electron chi connectivity index (χ4n) is 2.24. The number of rotatable bonds is 9. The van der Waals surface area contributed by atoms with Crippen LogP contribution in [0.15, 0.2) is 24.3 Å². The lowest BCUT2D eigenvalue weighted by atomic mass is 10.1. The Balaban J connectivity index is 2.58. The molecule has 0 bridgehead atoms. The van der Waals surface area contributed by atoms with Gasteiger partial charge in [0.1, 0.15) is 0 Å². The van der Waals surface area contributed by atoms with Gasteiger partial charge in [0.15, 0.2) is 0 Å². The van der Waals surface area contributed by atoms with Gasteiger partial charge in [-0.15, -0.1) is 0 Å². The first kappa shape index (κ1) is 17.0. The molecule has 0 saturated heterocycles. The van der Waals surface area contributed by atoms with Gasteiger partial charge < -0.3 is 15.3 Å². The molecule has 114 valence electrons. The van der Waals surface area contributed by atoms with Gasteiger partial charge >= 0.3 is 0 Å². The van der Waals surface area contributed by atoms with E-state index >= 15 is 0 Å². The highest BCUT2D eigenvalue weighted by Crippen LogP contribution is 2.18. The van der Waals surface area contributed by atoms with Crippen molar-refractivity contribution in [2.24, 2.45) is 5.92 Å². The lowest BCUT2D eigenvalue weighted by molar-refractivity contribution is 0.288. The van der Waals surface area contributed by atoms with Gasteiger partial charge in [0, 0.05) is 31.4 Å². The number of hydrogen-bond donors (Lipinski definition) is 2. The second kappa shape index (κ2) is 8.98. The van der Waals surface area contributed by atoms with E-state index in [0.717, 1.165) is 26.1 Å². The van der Waals surface area contributed by atoms with Crippen molar-refractivity contribution in [3.63, 3.8) is 0 Å². The van der Waals surface area contributed by atoms with E-state index in [2.05, 4.69) is 62.2 Å². The van der Waals surface area contributed by atoms with Crippen LogP contribution in [0.5, 0.6) is 0 Å². The van der Waals surface area contributed by atoms with Gasteiger partial charge in [0.05, 0.1) is 0 Å². The molecule has 0 amide bonds. The minimum Gasteiger partial charge on any atom is -0.396 e. The second-order valence-corrected chi connectivity index (χ2v) is 6.06. The fraction of sp³-hybridized carbons (Fsp3) is 0.647. The molecule has 0 aliphatic rings. The highest BCUT2D eigenvalue weighted by Gasteiger charge is 2.09. The molecule has 1 aromatic rings. The average Bonchev–Trinajstić information content (AvgIpc) is 2.40. The second-order valence-electron chi connectivity index (χ2n) is 6.06. The summed E-state index contributed by atoms with van der Waals surface area (Å²) < 4.78 is 0. The summed E-state index contributed by atoms with van der Waals surface area (Å²) in [6.07, 6.45) is 0.815. The first-order valence-electron chi connectivity index (χ1n) is 7.71. The number of anilines is 1. The van der Waals surface area contributed by atoms with Crippen molar-refractivity contribution in [2.45, 2.75) is 46.7 Å². The summed E-state index contributed by atoms with van der Waals surface area (Å²) in [7, 11) is 0. The van der Waals surface area contributed by atoms with Crippen molar-refractivity contribution in [2.75, 3.05) is 24.6 Å². The smallest absolute Gasteiger partial charge is 0.0447 e. The van der Waals surface area contributed by atoms with Crippen molar-refractivity contribution in [3.05, 3.63) is 29.8 Å². The minimum absolute atomic E-state index is 0.250. The lowest BCUT2D eigenvalue weighted by Gasteiger charge is -2.29. The van der Waals surface area contributed by atoms with E-state index in [9.17, 15) is 0 Å². The fourth-order valence-corrected chi connectivity index (χ4v) is 2.24. The maximum atomic E-state index is 8.99. The molecule has 0 aliphatic carbocycles. The standard InChI is InChI=1S/C17H30N2O/c1-14(2)12-18-13-16-6-8-17(9-7-16)19(15(3)4)10-5-11-20/h6-9,14-15,18,20H,5,10-13H2,1-4H3. The number of benzene rings is 1. The molecular formula is C17H30N2O. The van der Waals surface area contributed by atoms with Crippen LogP contribution in [-0.2, 0) is 6.54 Å². The van der Waals surface area contributed by atoms with Gasteiger partial charge in [0.25, 0.3) is 0 Å². The average molecular weight is 278 g/mol. The summed E-state index contributed by atoms with van der Waals surface area (Å²) in [6.45, 7) is 12.0. The number of nitrogens with one attached hydrogen (secondary N) is 1. The van der Waals surface area contributed by atoms with Gasteiger partial charge in [-0.05, 0) is 50.4 Å². The van der Waals surface area contributed by atoms with E-state index in [-0.39, 0.29) is 6.61 Å². The molecule has 0 fully saturated rings. The molecule has 0 radical (unpaired) electrons. The van der Waals surface area contributed by atoms with Crippen LogP contribution in [0.1, 0.15) is 39.7 Å². The van der Waals surface area contributed by atoms with Crippen molar-refractivity contribution in [1.29, 1.82) is 0 Å². The Morgan fingerprint density at radius 3 is 2.25 bits per heavy atom. The SMILES string of the molecule is CC(C)CNCc1ccc(N(CCCO)C(C)C)cc1. The molecule has 0 heterocycles. The van der Waals surface area contributed by atoms with E-state index in [1.165, 1.54) is 11.3 Å². The maximum Gasteiger partial charge on any atom is 0.0447 e. The molecule has 3 heteroatoms. The Morgan fingerprint density at radius 1 is 1.10 bits per heavy atom. The summed E-state index contributed by atoms with van der Waals surface area (Å²) in [4.78, 5) is 2.33. The normalized spacial score (nSPS) is 11.3. The number of hydrogen-bond acceptors (Lipinski definition) is 3. The number of aliphatic hydroxyl groups excluding tert-OH is 1. The summed E-state index contributed by atoms with van der Waals surface area (Å²) >= 11 is 0. The van der Waals surface area contributed by atoms with Gasteiger partial charge in [-0.2, -0.15) is 0 Å². The third-order valence-electron chi connectivity index (χ3n) is 3.33. The predicted molar refractivity (Wildman–Crippen MR) is 87.2 cm³/mol. The Bertz CT molecular complexity index is 360. The Labute approximate surface area is 124 Å². The molecule has 0 aliphatic heterocycles. The lowest BCUT2D eigenvalue weighted by Crippen LogP contribution is -2.32. The zero-order valence-corrected chi connectivity index (χ0v) is 13.4. The van der Waals surface area contributed by atoms with Gasteiger partial charge in [-0.25, -0.2) is 0 Å². The minimum atomic E-state index is 0.250. The van der Waals surface area contributed by atoms with Crippen LogP contribution >= 0.6 is 0 Å². The quantitative estimate of drug-likeness (QED) is 0.729. The molecule has 1 aromatic carbocycles. The van der Waals surface area contributed by atoms with E-state index in [4.69, 9.17) is 5.11 Å². The summed E-state index contributed by atoms with van der Waals surface area (Å²) in [5.74, 6) is 0.684. The van der Waals surface area contributed by atoms with Crippen LogP contribution in [0.3, 0.4) is 0 Å². The van der Waals surface area contributed by atoms with Crippen LogP contribution in [0.2, 0.25) is 0 Å². The van der Waals surface area contributed by atoms with Crippen LogP contribution in [0.4, 0.5) is 5.69 Å². The van der Waals surface area contributed by atoms with Gasteiger partial charge in [-0.3, -0.25) is 0 Å². The molecule has 3 nitrogen and oxygen atoms in total. The molecule has 0 aromatic heterocycles. The summed E-state index contributed by atoms with van der Waals surface area (Å²) in [5, 5.41) is 12.5. The zero-order valence-electron chi connectivity index (χ0n) is 13.4. The van der Waals surface area contributed by atoms with E-state index in [1.54, 1.807) is 0 Å². The Kier molecular flexibility index (Phi) is 7.63. The third-order valence-corrected chi connectivity index (χ3v) is 3.33. The molecule has 1 rings (SSSR count). The van der Waals surface area contributed by atoms with Crippen LogP contribution in [0.25, 0.3) is 0 Å². The molecule has 0 atom stereocenters. The molecule has 20 heavy (non-hydrogen) atoms. The number of nitrogens with zero attached hydrogens (tertiary/aromatic N) is 1. The van der Waals surface area contributed by atoms with Crippen molar-refractivity contribution in [1.82, 2.24) is 5.32 Å². The third kappa shape index (κ3) is 5.93. The molecule has 0 unspecified atom stereocenters. The van der Waals surface area contributed by atoms with E-state index < -0.39 is 0 Å². The summed E-state index contributed by atoms with van der Waals surface area (Å²) in [6, 6.07) is 9.20. The topological polar surface area (TPSA) is 35.5 Å². The summed E-state index contributed by atoms with van der Waals surface area (Å²) in [5.41, 5.74) is 2.56. The molecule has 2 N–H and O–H groups in total. The van der Waals surface area contributed by atoms with E-state index in [1.807, 2.05) is 0 Å².